The third-order valence-corrected chi connectivity index (χ3v) is 5.44. The molecule has 1 N–H and O–H groups in total. The number of aryl methyl sites for hydroxylation is 1. The molecule has 24 heavy (non-hydrogen) atoms. The summed E-state index contributed by atoms with van der Waals surface area (Å²) >= 11 is 0. The van der Waals surface area contributed by atoms with Gasteiger partial charge in [-0.15, -0.1) is 0 Å². The Hall–Kier alpha value is -1.98. The zero-order chi connectivity index (χ0) is 17.8. The van der Waals surface area contributed by atoms with Crippen LogP contribution in [0.15, 0.2) is 59.5 Å². The fourth-order valence-electron chi connectivity index (χ4n) is 2.52. The predicted octanol–water partition coefficient (Wildman–Crippen LogP) is 3.58. The van der Waals surface area contributed by atoms with Crippen LogP contribution >= 0.6 is 0 Å². The molecule has 0 fully saturated rings. The monoisotopic (exact) mass is 345 g/mol. The van der Waals surface area contributed by atoms with Crippen LogP contribution in [-0.2, 0) is 16.4 Å². The zero-order valence-corrected chi connectivity index (χ0v) is 15.1. The van der Waals surface area contributed by atoms with Crippen molar-refractivity contribution in [2.24, 2.45) is 0 Å². The van der Waals surface area contributed by atoms with Crippen LogP contribution in [0.2, 0.25) is 0 Å². The van der Waals surface area contributed by atoms with Crippen molar-refractivity contribution >= 4 is 15.8 Å². The Kier molecular flexibility index (Phi) is 5.57. The Bertz CT molecular complexity index is 794. The summed E-state index contributed by atoms with van der Waals surface area (Å²) in [4.78, 5) is 12.8. The summed E-state index contributed by atoms with van der Waals surface area (Å²) in [5.74, 6) is -0.269. The fourth-order valence-corrected chi connectivity index (χ4v) is 3.89. The highest BCUT2D eigenvalue weighted by Crippen LogP contribution is 2.18. The number of sulfonamides is 1. The standard InChI is InChI=1S/C19H23NO3S/c1-4-8-15-11-13-17(14-12-15)24(22,23)20-19(2,3)18(21)16-9-6-5-7-10-16/h5-7,9-14,20H,4,8H2,1-3H3. The number of rotatable bonds is 7. The van der Waals surface area contributed by atoms with Gasteiger partial charge >= 0.3 is 0 Å². The van der Waals surface area contributed by atoms with Crippen molar-refractivity contribution in [2.45, 2.75) is 44.0 Å². The molecule has 4 nitrogen and oxygen atoms in total. The van der Waals surface area contributed by atoms with Crippen molar-refractivity contribution in [3.8, 4) is 0 Å². The van der Waals surface area contributed by atoms with Crippen LogP contribution in [0.25, 0.3) is 0 Å². The molecule has 128 valence electrons. The fraction of sp³-hybridized carbons (Fsp3) is 0.316. The van der Waals surface area contributed by atoms with E-state index in [0.717, 1.165) is 18.4 Å². The van der Waals surface area contributed by atoms with E-state index in [2.05, 4.69) is 11.6 Å². The Morgan fingerprint density at radius 1 is 1.00 bits per heavy atom. The Morgan fingerprint density at radius 3 is 2.12 bits per heavy atom. The lowest BCUT2D eigenvalue weighted by Crippen LogP contribution is -2.49. The van der Waals surface area contributed by atoms with Crippen molar-refractivity contribution in [1.29, 1.82) is 0 Å². The predicted molar refractivity (Wildman–Crippen MR) is 95.6 cm³/mol. The summed E-state index contributed by atoms with van der Waals surface area (Å²) in [6, 6.07) is 15.5. The van der Waals surface area contributed by atoms with Gasteiger partial charge in [-0.2, -0.15) is 4.72 Å². The topological polar surface area (TPSA) is 63.2 Å². The maximum Gasteiger partial charge on any atom is 0.241 e. The summed E-state index contributed by atoms with van der Waals surface area (Å²) in [5, 5.41) is 0. The molecule has 0 radical (unpaired) electrons. The van der Waals surface area contributed by atoms with Crippen LogP contribution in [0.4, 0.5) is 0 Å². The molecule has 0 saturated heterocycles. The van der Waals surface area contributed by atoms with E-state index in [1.807, 2.05) is 18.2 Å². The van der Waals surface area contributed by atoms with Crippen molar-refractivity contribution in [3.63, 3.8) is 0 Å². The first-order valence-corrected chi connectivity index (χ1v) is 9.47. The maximum atomic E-state index is 12.6. The van der Waals surface area contributed by atoms with Gasteiger partial charge in [-0.1, -0.05) is 55.8 Å². The van der Waals surface area contributed by atoms with Gasteiger partial charge in [0.2, 0.25) is 10.0 Å². The van der Waals surface area contributed by atoms with Gasteiger partial charge in [0.15, 0.2) is 5.78 Å². The van der Waals surface area contributed by atoms with E-state index >= 15 is 0 Å². The van der Waals surface area contributed by atoms with Gasteiger partial charge in [0, 0.05) is 5.56 Å². The van der Waals surface area contributed by atoms with Crippen molar-refractivity contribution in [1.82, 2.24) is 4.72 Å². The van der Waals surface area contributed by atoms with Crippen LogP contribution in [0.1, 0.15) is 43.1 Å². The summed E-state index contributed by atoms with van der Waals surface area (Å²) in [5.41, 5.74) is 0.335. The second kappa shape index (κ2) is 7.28. The minimum absolute atomic E-state index is 0.163. The second-order valence-electron chi connectivity index (χ2n) is 6.32. The van der Waals surface area contributed by atoms with Crippen LogP contribution < -0.4 is 4.72 Å². The quantitative estimate of drug-likeness (QED) is 0.780. The molecule has 2 aromatic carbocycles. The first kappa shape index (κ1) is 18.4. The molecule has 0 atom stereocenters. The molecule has 0 bridgehead atoms. The van der Waals surface area contributed by atoms with Gasteiger partial charge in [-0.3, -0.25) is 4.79 Å². The lowest BCUT2D eigenvalue weighted by Gasteiger charge is -2.24. The smallest absolute Gasteiger partial charge is 0.241 e. The molecule has 0 spiro atoms. The Morgan fingerprint density at radius 2 is 1.58 bits per heavy atom. The van der Waals surface area contributed by atoms with E-state index in [-0.39, 0.29) is 10.7 Å². The van der Waals surface area contributed by atoms with Crippen molar-refractivity contribution < 1.29 is 13.2 Å². The van der Waals surface area contributed by atoms with E-state index in [0.29, 0.717) is 5.56 Å². The number of Topliss-reactive ketones (excluding diaryl/α,β-unsaturated/α-hetero) is 1. The van der Waals surface area contributed by atoms with Crippen LogP contribution in [-0.4, -0.2) is 19.7 Å². The van der Waals surface area contributed by atoms with E-state index < -0.39 is 15.6 Å². The SMILES string of the molecule is CCCc1ccc(S(=O)(=O)NC(C)(C)C(=O)c2ccccc2)cc1. The third-order valence-electron chi connectivity index (χ3n) is 3.77. The molecule has 0 aliphatic carbocycles. The molecule has 0 amide bonds. The van der Waals surface area contributed by atoms with E-state index in [9.17, 15) is 13.2 Å². The summed E-state index contributed by atoms with van der Waals surface area (Å²) in [7, 11) is -3.77. The minimum atomic E-state index is -3.77. The maximum absolute atomic E-state index is 12.6. The number of ketones is 1. The van der Waals surface area contributed by atoms with Crippen LogP contribution in [0, 0.1) is 0 Å². The first-order valence-electron chi connectivity index (χ1n) is 7.99. The highest BCUT2D eigenvalue weighted by molar-refractivity contribution is 7.89. The molecule has 5 heteroatoms. The number of hydrogen-bond acceptors (Lipinski definition) is 3. The van der Waals surface area contributed by atoms with Gasteiger partial charge in [0.1, 0.15) is 0 Å². The van der Waals surface area contributed by atoms with Gasteiger partial charge in [-0.25, -0.2) is 8.42 Å². The van der Waals surface area contributed by atoms with E-state index in [4.69, 9.17) is 0 Å². The molecule has 0 saturated carbocycles. The van der Waals surface area contributed by atoms with Crippen LogP contribution in [0.3, 0.4) is 0 Å². The highest BCUT2D eigenvalue weighted by atomic mass is 32.2. The molecule has 0 unspecified atom stereocenters. The molecule has 0 heterocycles. The number of carbonyl (C=O) groups excluding carboxylic acids is 1. The largest absolute Gasteiger partial charge is 0.292 e. The average molecular weight is 345 g/mol. The number of hydrogen-bond donors (Lipinski definition) is 1. The third kappa shape index (κ3) is 4.30. The van der Waals surface area contributed by atoms with Crippen LogP contribution in [0.5, 0.6) is 0 Å². The van der Waals surface area contributed by atoms with Crippen molar-refractivity contribution in [2.75, 3.05) is 0 Å². The molecule has 2 aromatic rings. The van der Waals surface area contributed by atoms with E-state index in [1.165, 1.54) is 0 Å². The Balaban J connectivity index is 2.22. The molecule has 0 aliphatic heterocycles. The van der Waals surface area contributed by atoms with Gasteiger partial charge in [-0.05, 0) is 38.0 Å². The lowest BCUT2D eigenvalue weighted by atomic mass is 9.94. The van der Waals surface area contributed by atoms with Crippen molar-refractivity contribution in [3.05, 3.63) is 65.7 Å². The first-order chi connectivity index (χ1) is 11.3. The summed E-state index contributed by atoms with van der Waals surface area (Å²) < 4.78 is 27.7. The van der Waals surface area contributed by atoms with Gasteiger partial charge in [0.05, 0.1) is 10.4 Å². The number of nitrogens with one attached hydrogen (secondary N) is 1. The molecule has 0 aromatic heterocycles. The molecular formula is C19H23NO3S. The number of benzene rings is 2. The lowest BCUT2D eigenvalue weighted by molar-refractivity contribution is 0.0901. The number of carbonyl (C=O) groups is 1. The highest BCUT2D eigenvalue weighted by Gasteiger charge is 2.33. The van der Waals surface area contributed by atoms with E-state index in [1.54, 1.807) is 50.2 Å². The normalized spacial score (nSPS) is 12.1. The summed E-state index contributed by atoms with van der Waals surface area (Å²) in [6.07, 6.45) is 1.91. The molecule has 2 rings (SSSR count). The van der Waals surface area contributed by atoms with Gasteiger partial charge < -0.3 is 0 Å². The zero-order valence-electron chi connectivity index (χ0n) is 14.2. The average Bonchev–Trinajstić information content (AvgIpc) is 2.55. The van der Waals surface area contributed by atoms with Gasteiger partial charge in [0.25, 0.3) is 0 Å². The summed E-state index contributed by atoms with van der Waals surface area (Å²) in [6.45, 7) is 5.22. The minimum Gasteiger partial charge on any atom is -0.292 e. The second-order valence-corrected chi connectivity index (χ2v) is 8.00. The molecular weight excluding hydrogens is 322 g/mol. The molecule has 0 aliphatic rings. The Labute approximate surface area is 144 Å².